The van der Waals surface area contributed by atoms with E-state index in [-0.39, 0.29) is 0 Å². The molecule has 1 atom stereocenters. The highest BCUT2D eigenvalue weighted by Gasteiger charge is 2.07. The number of rotatable bonds is 11. The SMILES string of the molecule is CCCCCCC(Br)COc1ccc(N=Nc2cccc(C3C=CC=C3)c2)cc1. The van der Waals surface area contributed by atoms with Crippen molar-refractivity contribution >= 4 is 27.3 Å². The number of azo groups is 1. The number of ether oxygens (including phenoxy) is 1. The lowest BCUT2D eigenvalue weighted by atomic mass is 10.0. The van der Waals surface area contributed by atoms with Crippen LogP contribution in [0.1, 0.15) is 50.5 Å². The number of benzene rings is 2. The minimum absolute atomic E-state index is 0.339. The van der Waals surface area contributed by atoms with Gasteiger partial charge in [0.05, 0.1) is 11.4 Å². The van der Waals surface area contributed by atoms with E-state index in [0.29, 0.717) is 17.4 Å². The van der Waals surface area contributed by atoms with Crippen LogP contribution in [-0.4, -0.2) is 11.4 Å². The van der Waals surface area contributed by atoms with Gasteiger partial charge in [-0.1, -0.05) is 85.0 Å². The molecule has 4 heteroatoms. The molecule has 0 fully saturated rings. The van der Waals surface area contributed by atoms with Gasteiger partial charge in [-0.15, -0.1) is 0 Å². The number of hydrogen-bond acceptors (Lipinski definition) is 3. The summed E-state index contributed by atoms with van der Waals surface area (Å²) in [6, 6.07) is 16.0. The van der Waals surface area contributed by atoms with Crippen molar-refractivity contribution in [3.8, 4) is 5.75 Å². The molecule has 0 aromatic heterocycles. The van der Waals surface area contributed by atoms with Gasteiger partial charge in [0.2, 0.25) is 0 Å². The Hall–Kier alpha value is -2.20. The molecule has 0 bridgehead atoms. The third kappa shape index (κ3) is 7.28. The average molecular weight is 453 g/mol. The number of unbranched alkanes of at least 4 members (excludes halogenated alkanes) is 3. The Kier molecular flexibility index (Phi) is 8.69. The van der Waals surface area contributed by atoms with E-state index in [1.807, 2.05) is 36.4 Å². The van der Waals surface area contributed by atoms with Crippen LogP contribution in [0.5, 0.6) is 5.75 Å². The van der Waals surface area contributed by atoms with Gasteiger partial charge in [0.25, 0.3) is 0 Å². The number of allylic oxidation sites excluding steroid dienone is 4. The van der Waals surface area contributed by atoms with Crippen molar-refractivity contribution in [1.82, 2.24) is 0 Å². The molecular weight excluding hydrogens is 424 g/mol. The van der Waals surface area contributed by atoms with Crippen molar-refractivity contribution in [3.63, 3.8) is 0 Å². The summed E-state index contributed by atoms with van der Waals surface area (Å²) >= 11 is 3.72. The van der Waals surface area contributed by atoms with Crippen LogP contribution in [0.3, 0.4) is 0 Å². The molecule has 1 unspecified atom stereocenters. The van der Waals surface area contributed by atoms with E-state index in [1.165, 1.54) is 31.2 Å². The summed E-state index contributed by atoms with van der Waals surface area (Å²) in [5, 5.41) is 8.75. The Bertz CT molecular complexity index is 830. The van der Waals surface area contributed by atoms with Crippen molar-refractivity contribution in [2.75, 3.05) is 6.61 Å². The molecule has 2 aromatic carbocycles. The van der Waals surface area contributed by atoms with E-state index < -0.39 is 0 Å². The fraction of sp³-hybridized carbons (Fsp3) is 0.360. The molecule has 0 N–H and O–H groups in total. The highest BCUT2D eigenvalue weighted by molar-refractivity contribution is 9.09. The number of hydrogen-bond donors (Lipinski definition) is 0. The Balaban J connectivity index is 1.48. The third-order valence-electron chi connectivity index (χ3n) is 4.92. The minimum atomic E-state index is 0.339. The first-order valence-electron chi connectivity index (χ1n) is 10.5. The smallest absolute Gasteiger partial charge is 0.119 e. The van der Waals surface area contributed by atoms with Gasteiger partial charge in [-0.25, -0.2) is 0 Å². The number of alkyl halides is 1. The first-order chi connectivity index (χ1) is 14.2. The van der Waals surface area contributed by atoms with Crippen LogP contribution in [-0.2, 0) is 0 Å². The summed E-state index contributed by atoms with van der Waals surface area (Å²) in [5.41, 5.74) is 2.91. The molecule has 152 valence electrons. The summed E-state index contributed by atoms with van der Waals surface area (Å²) < 4.78 is 5.88. The Morgan fingerprint density at radius 1 is 0.931 bits per heavy atom. The summed E-state index contributed by atoms with van der Waals surface area (Å²) in [6.45, 7) is 2.92. The average Bonchev–Trinajstić information content (AvgIpc) is 3.30. The maximum absolute atomic E-state index is 5.88. The lowest BCUT2D eigenvalue weighted by molar-refractivity contribution is 0.312. The largest absolute Gasteiger partial charge is 0.492 e. The summed E-state index contributed by atoms with van der Waals surface area (Å²) in [7, 11) is 0. The van der Waals surface area contributed by atoms with Crippen LogP contribution >= 0.6 is 15.9 Å². The second kappa shape index (κ2) is 11.7. The maximum atomic E-state index is 5.88. The number of halogens is 1. The Morgan fingerprint density at radius 2 is 1.69 bits per heavy atom. The molecule has 0 saturated heterocycles. The van der Waals surface area contributed by atoms with Crippen LogP contribution < -0.4 is 4.74 Å². The van der Waals surface area contributed by atoms with Crippen molar-refractivity contribution in [3.05, 3.63) is 78.4 Å². The lowest BCUT2D eigenvalue weighted by Gasteiger charge is -2.11. The molecule has 0 saturated carbocycles. The van der Waals surface area contributed by atoms with Gasteiger partial charge in [0.1, 0.15) is 12.4 Å². The third-order valence-corrected chi connectivity index (χ3v) is 5.64. The topological polar surface area (TPSA) is 34.0 Å². The quantitative estimate of drug-likeness (QED) is 0.191. The van der Waals surface area contributed by atoms with Crippen LogP contribution in [0, 0.1) is 0 Å². The van der Waals surface area contributed by atoms with Gasteiger partial charge in [0, 0.05) is 10.7 Å². The zero-order valence-electron chi connectivity index (χ0n) is 17.0. The van der Waals surface area contributed by atoms with E-state index in [9.17, 15) is 0 Å². The highest BCUT2D eigenvalue weighted by atomic mass is 79.9. The second-order valence-corrected chi connectivity index (χ2v) is 8.64. The van der Waals surface area contributed by atoms with E-state index in [2.05, 4.69) is 69.5 Å². The standard InChI is InChI=1S/C25H29BrN2O/c1-2-3-4-5-12-22(26)19-29-25-16-14-23(15-17-25)27-28-24-13-8-11-21(18-24)20-9-6-7-10-20/h6-11,13-18,20,22H,2-5,12,19H2,1H3. The number of nitrogens with zero attached hydrogens (tertiary/aromatic N) is 2. The van der Waals surface area contributed by atoms with Crippen LogP contribution in [0.25, 0.3) is 0 Å². The van der Waals surface area contributed by atoms with Gasteiger partial charge >= 0.3 is 0 Å². The highest BCUT2D eigenvalue weighted by Crippen LogP contribution is 2.27. The molecule has 0 radical (unpaired) electrons. The van der Waals surface area contributed by atoms with Crippen molar-refractivity contribution in [1.29, 1.82) is 0 Å². The van der Waals surface area contributed by atoms with Crippen molar-refractivity contribution < 1.29 is 4.74 Å². The molecule has 1 aliphatic rings. The zero-order chi connectivity index (χ0) is 20.3. The van der Waals surface area contributed by atoms with Crippen LogP contribution in [0.4, 0.5) is 11.4 Å². The fourth-order valence-corrected chi connectivity index (χ4v) is 3.69. The van der Waals surface area contributed by atoms with E-state index in [4.69, 9.17) is 4.74 Å². The van der Waals surface area contributed by atoms with E-state index in [0.717, 1.165) is 23.5 Å². The monoisotopic (exact) mass is 452 g/mol. The second-order valence-electron chi connectivity index (χ2n) is 7.34. The molecule has 3 rings (SSSR count). The van der Waals surface area contributed by atoms with Gasteiger partial charge in [-0.2, -0.15) is 10.2 Å². The van der Waals surface area contributed by atoms with Crippen LogP contribution in [0.2, 0.25) is 0 Å². The van der Waals surface area contributed by atoms with E-state index in [1.54, 1.807) is 0 Å². The van der Waals surface area contributed by atoms with Gasteiger partial charge in [0.15, 0.2) is 0 Å². The van der Waals surface area contributed by atoms with Gasteiger partial charge in [-0.05, 0) is 48.4 Å². The summed E-state index contributed by atoms with van der Waals surface area (Å²) in [4.78, 5) is 0.399. The molecule has 0 amide bonds. The maximum Gasteiger partial charge on any atom is 0.119 e. The molecule has 0 aliphatic heterocycles. The van der Waals surface area contributed by atoms with Gasteiger partial charge in [-0.3, -0.25) is 0 Å². The van der Waals surface area contributed by atoms with Crippen molar-refractivity contribution in [2.24, 2.45) is 10.2 Å². The molecule has 3 nitrogen and oxygen atoms in total. The van der Waals surface area contributed by atoms with E-state index >= 15 is 0 Å². The Morgan fingerprint density at radius 3 is 2.45 bits per heavy atom. The first kappa shape index (κ1) is 21.5. The zero-order valence-corrected chi connectivity index (χ0v) is 18.6. The summed E-state index contributed by atoms with van der Waals surface area (Å²) in [5.74, 6) is 1.20. The molecule has 0 spiro atoms. The predicted octanol–water partition coefficient (Wildman–Crippen LogP) is 8.42. The molecule has 29 heavy (non-hydrogen) atoms. The van der Waals surface area contributed by atoms with Crippen molar-refractivity contribution in [2.45, 2.75) is 49.8 Å². The van der Waals surface area contributed by atoms with Gasteiger partial charge < -0.3 is 4.74 Å². The fourth-order valence-electron chi connectivity index (χ4n) is 3.24. The predicted molar refractivity (Wildman–Crippen MR) is 125 cm³/mol. The Labute approximate surface area is 182 Å². The van der Waals surface area contributed by atoms with Crippen LogP contribution in [0.15, 0.2) is 83.1 Å². The first-order valence-corrected chi connectivity index (χ1v) is 11.4. The molecule has 0 heterocycles. The summed E-state index contributed by atoms with van der Waals surface area (Å²) in [6.07, 6.45) is 14.8. The molecule has 2 aromatic rings. The normalized spacial score (nSPS) is 14.7. The molecular formula is C25H29BrN2O. The lowest BCUT2D eigenvalue weighted by Crippen LogP contribution is -2.11. The minimum Gasteiger partial charge on any atom is -0.492 e. The molecule has 1 aliphatic carbocycles.